The van der Waals surface area contributed by atoms with Crippen LogP contribution in [0.25, 0.3) is 16.8 Å². The van der Waals surface area contributed by atoms with E-state index in [0.29, 0.717) is 11.3 Å². The number of alkyl halides is 2. The van der Waals surface area contributed by atoms with E-state index in [2.05, 4.69) is 20.5 Å². The molecule has 2 aromatic heterocycles. The average molecular weight is 456 g/mol. The molecule has 0 aliphatic carbocycles. The van der Waals surface area contributed by atoms with Crippen molar-refractivity contribution in [3.8, 4) is 5.69 Å². The number of carbonyl (C=O) groups excluding carboxylic acids is 1. The number of rotatable bonds is 5. The molecule has 1 aliphatic heterocycles. The van der Waals surface area contributed by atoms with Gasteiger partial charge in [-0.2, -0.15) is 20.0 Å². The molecule has 0 spiro atoms. The van der Waals surface area contributed by atoms with Crippen molar-refractivity contribution in [2.24, 2.45) is 0 Å². The minimum atomic E-state index is -3.12. The second-order valence-corrected chi connectivity index (χ2v) is 7.88. The zero-order valence-electron chi connectivity index (χ0n) is 17.5. The van der Waals surface area contributed by atoms with Crippen LogP contribution >= 0.6 is 0 Å². The maximum Gasteiger partial charge on any atom is 0.295 e. The number of carbonyl (C=O) groups is 1. The van der Waals surface area contributed by atoms with Crippen molar-refractivity contribution in [3.05, 3.63) is 65.7 Å². The van der Waals surface area contributed by atoms with E-state index in [1.54, 1.807) is 18.2 Å². The molecule has 0 bridgehead atoms. The fraction of sp³-hybridized carbons (Fsp3) is 0.273. The van der Waals surface area contributed by atoms with Gasteiger partial charge in [0, 0.05) is 25.6 Å². The topological polar surface area (TPSA) is 89.1 Å². The summed E-state index contributed by atoms with van der Waals surface area (Å²) in [5.41, 5.74) is 2.01. The number of hydrogen-bond acceptors (Lipinski definition) is 6. The van der Waals surface area contributed by atoms with Gasteiger partial charge in [-0.15, -0.1) is 0 Å². The molecule has 1 atom stereocenters. The summed E-state index contributed by atoms with van der Waals surface area (Å²) in [6.45, 7) is 1.40. The van der Waals surface area contributed by atoms with Gasteiger partial charge < -0.3 is 14.6 Å². The molecule has 1 N–H and O–H groups in total. The SMILES string of the molecule is Cc1ccc(-n2nccn2)c(C(=O)N2CCC(F)(F)C2CNc2nc3cc(F)ccc3o2)c1. The quantitative estimate of drug-likeness (QED) is 0.491. The summed E-state index contributed by atoms with van der Waals surface area (Å²) in [5, 5.41) is 10.9. The Morgan fingerprint density at radius 2 is 2.00 bits per heavy atom. The van der Waals surface area contributed by atoms with Crippen molar-refractivity contribution in [1.82, 2.24) is 24.9 Å². The Morgan fingerprint density at radius 3 is 2.79 bits per heavy atom. The minimum Gasteiger partial charge on any atom is -0.424 e. The van der Waals surface area contributed by atoms with Gasteiger partial charge in [-0.3, -0.25) is 4.79 Å². The highest BCUT2D eigenvalue weighted by Gasteiger charge is 2.51. The number of aryl methyl sites for hydroxylation is 1. The summed E-state index contributed by atoms with van der Waals surface area (Å²) in [5.74, 6) is -4.15. The molecule has 2 aromatic carbocycles. The van der Waals surface area contributed by atoms with Gasteiger partial charge in [-0.05, 0) is 31.2 Å². The fourth-order valence-electron chi connectivity index (χ4n) is 3.97. The molecular formula is C22H19F3N6O2. The van der Waals surface area contributed by atoms with E-state index in [9.17, 15) is 18.0 Å². The standard InChI is InChI=1S/C22H19F3N6O2/c1-13-2-4-17(31-27-7-8-28-31)15(10-13)20(32)30-9-6-22(24,25)19(30)12-26-21-29-16-11-14(23)3-5-18(16)33-21/h2-5,7-8,10-11,19H,6,9,12H2,1H3,(H,26,29). The van der Waals surface area contributed by atoms with Gasteiger partial charge in [-0.1, -0.05) is 11.6 Å². The second kappa shape index (κ2) is 7.91. The van der Waals surface area contributed by atoms with E-state index in [4.69, 9.17) is 4.42 Å². The lowest BCUT2D eigenvalue weighted by atomic mass is 10.1. The van der Waals surface area contributed by atoms with E-state index in [0.717, 1.165) is 10.5 Å². The Hall–Kier alpha value is -3.89. The van der Waals surface area contributed by atoms with Crippen molar-refractivity contribution in [1.29, 1.82) is 0 Å². The van der Waals surface area contributed by atoms with E-state index in [1.807, 2.05) is 6.92 Å². The lowest BCUT2D eigenvalue weighted by Crippen LogP contribution is -2.47. The molecule has 8 nitrogen and oxygen atoms in total. The molecule has 11 heteroatoms. The highest BCUT2D eigenvalue weighted by molar-refractivity contribution is 5.98. The number of aromatic nitrogens is 4. The van der Waals surface area contributed by atoms with Crippen molar-refractivity contribution >= 4 is 23.0 Å². The van der Waals surface area contributed by atoms with Crippen LogP contribution in [0.3, 0.4) is 0 Å². The van der Waals surface area contributed by atoms with Gasteiger partial charge in [-0.25, -0.2) is 13.2 Å². The van der Waals surface area contributed by atoms with Gasteiger partial charge in [0.15, 0.2) is 5.58 Å². The predicted octanol–water partition coefficient (Wildman–Crippen LogP) is 3.82. The smallest absolute Gasteiger partial charge is 0.295 e. The number of hydrogen-bond donors (Lipinski definition) is 1. The number of nitrogens with one attached hydrogen (secondary N) is 1. The molecule has 4 aromatic rings. The lowest BCUT2D eigenvalue weighted by molar-refractivity contribution is -0.0249. The Balaban J connectivity index is 1.42. The highest BCUT2D eigenvalue weighted by atomic mass is 19.3. The molecule has 33 heavy (non-hydrogen) atoms. The zero-order chi connectivity index (χ0) is 23.2. The predicted molar refractivity (Wildman–Crippen MR) is 113 cm³/mol. The van der Waals surface area contributed by atoms with Crippen molar-refractivity contribution in [2.45, 2.75) is 25.3 Å². The third-order valence-corrected chi connectivity index (χ3v) is 5.62. The highest BCUT2D eigenvalue weighted by Crippen LogP contribution is 2.36. The third kappa shape index (κ3) is 3.90. The monoisotopic (exact) mass is 456 g/mol. The Morgan fingerprint density at radius 1 is 1.21 bits per heavy atom. The summed E-state index contributed by atoms with van der Waals surface area (Å²) in [6.07, 6.45) is 2.47. The first-order valence-corrected chi connectivity index (χ1v) is 10.3. The van der Waals surface area contributed by atoms with Crippen LogP contribution in [0.1, 0.15) is 22.3 Å². The maximum atomic E-state index is 14.8. The first kappa shape index (κ1) is 21.0. The fourth-order valence-corrected chi connectivity index (χ4v) is 3.97. The number of amides is 1. The summed E-state index contributed by atoms with van der Waals surface area (Å²) in [6, 6.07) is 7.47. The average Bonchev–Trinajstić information content (AvgIpc) is 3.50. The molecule has 3 heterocycles. The number of anilines is 1. The van der Waals surface area contributed by atoms with E-state index < -0.39 is 30.1 Å². The summed E-state index contributed by atoms with van der Waals surface area (Å²) >= 11 is 0. The van der Waals surface area contributed by atoms with E-state index in [-0.39, 0.29) is 30.2 Å². The molecule has 1 unspecified atom stereocenters. The van der Waals surface area contributed by atoms with Gasteiger partial charge in [0.25, 0.3) is 17.8 Å². The molecular weight excluding hydrogens is 437 g/mol. The van der Waals surface area contributed by atoms with Crippen molar-refractivity contribution in [3.63, 3.8) is 0 Å². The molecule has 1 amide bonds. The van der Waals surface area contributed by atoms with Gasteiger partial charge in [0.2, 0.25) is 0 Å². The number of likely N-dealkylation sites (tertiary alicyclic amines) is 1. The van der Waals surface area contributed by atoms with Crippen LogP contribution in [0.5, 0.6) is 0 Å². The molecule has 1 fully saturated rings. The Kier molecular flexibility index (Phi) is 5.03. The number of oxazole rings is 1. The van der Waals surface area contributed by atoms with Crippen LogP contribution in [-0.4, -0.2) is 55.8 Å². The largest absolute Gasteiger partial charge is 0.424 e. The van der Waals surface area contributed by atoms with E-state index in [1.165, 1.54) is 35.4 Å². The number of fused-ring (bicyclic) bond motifs is 1. The number of benzene rings is 2. The van der Waals surface area contributed by atoms with Crippen molar-refractivity contribution < 1.29 is 22.4 Å². The summed E-state index contributed by atoms with van der Waals surface area (Å²) in [4.78, 5) is 19.9. The summed E-state index contributed by atoms with van der Waals surface area (Å²) in [7, 11) is 0. The number of halogens is 3. The molecule has 1 aliphatic rings. The Labute approximate surface area is 186 Å². The van der Waals surface area contributed by atoms with Crippen LogP contribution in [0.15, 0.2) is 53.2 Å². The van der Waals surface area contributed by atoms with Crippen LogP contribution in [0.4, 0.5) is 19.2 Å². The molecule has 0 saturated carbocycles. The number of nitrogens with zero attached hydrogens (tertiary/aromatic N) is 5. The van der Waals surface area contributed by atoms with Crippen molar-refractivity contribution in [2.75, 3.05) is 18.4 Å². The van der Waals surface area contributed by atoms with Crippen LogP contribution < -0.4 is 5.32 Å². The van der Waals surface area contributed by atoms with Crippen LogP contribution in [-0.2, 0) is 0 Å². The van der Waals surface area contributed by atoms with Gasteiger partial charge >= 0.3 is 0 Å². The minimum absolute atomic E-state index is 0.0253. The first-order valence-electron chi connectivity index (χ1n) is 10.3. The zero-order valence-corrected chi connectivity index (χ0v) is 17.5. The van der Waals surface area contributed by atoms with Crippen LogP contribution in [0, 0.1) is 12.7 Å². The normalized spacial score (nSPS) is 17.6. The molecule has 0 radical (unpaired) electrons. The van der Waals surface area contributed by atoms with Gasteiger partial charge in [0.1, 0.15) is 17.4 Å². The third-order valence-electron chi connectivity index (χ3n) is 5.62. The van der Waals surface area contributed by atoms with E-state index >= 15 is 0 Å². The Bertz CT molecular complexity index is 1320. The lowest BCUT2D eigenvalue weighted by Gasteiger charge is -2.28. The second-order valence-electron chi connectivity index (χ2n) is 7.88. The maximum absolute atomic E-state index is 14.8. The van der Waals surface area contributed by atoms with Crippen LogP contribution in [0.2, 0.25) is 0 Å². The molecule has 5 rings (SSSR count). The first-order chi connectivity index (χ1) is 15.8. The van der Waals surface area contributed by atoms with Gasteiger partial charge in [0.05, 0.1) is 23.6 Å². The summed E-state index contributed by atoms with van der Waals surface area (Å²) < 4.78 is 48.4. The molecule has 1 saturated heterocycles. The molecule has 170 valence electrons.